The Balaban J connectivity index is 1.06. The molecule has 0 spiro atoms. The maximum Gasteiger partial charge on any atom is 0.335 e. The van der Waals surface area contributed by atoms with Gasteiger partial charge in [0.25, 0.3) is 0 Å². The average molecular weight is 519 g/mol. The van der Waals surface area contributed by atoms with E-state index in [9.17, 15) is 9.90 Å². The van der Waals surface area contributed by atoms with Gasteiger partial charge in [-0.1, -0.05) is 24.3 Å². The van der Waals surface area contributed by atoms with Gasteiger partial charge in [-0.05, 0) is 65.9 Å². The topological polar surface area (TPSA) is 100 Å². The first-order valence-corrected chi connectivity index (χ1v) is 13.1. The molecule has 8 nitrogen and oxygen atoms in total. The lowest BCUT2D eigenvalue weighted by Gasteiger charge is -2.29. The molecule has 0 radical (unpaired) electrons. The first-order chi connectivity index (χ1) is 18.5. The number of fused-ring (bicyclic) bond motifs is 1. The van der Waals surface area contributed by atoms with Crippen LogP contribution in [-0.2, 0) is 11.2 Å². The molecule has 8 heteroatoms. The van der Waals surface area contributed by atoms with E-state index in [1.807, 2.05) is 42.5 Å². The third kappa shape index (κ3) is 6.64. The number of aromatic carboxylic acids is 1. The highest BCUT2D eigenvalue weighted by Crippen LogP contribution is 2.32. The van der Waals surface area contributed by atoms with Gasteiger partial charge in [0, 0.05) is 37.9 Å². The van der Waals surface area contributed by atoms with Gasteiger partial charge in [0.15, 0.2) is 0 Å². The first-order valence-electron chi connectivity index (χ1n) is 13.1. The monoisotopic (exact) mass is 518 g/mol. The van der Waals surface area contributed by atoms with Crippen molar-refractivity contribution < 1.29 is 29.2 Å². The number of carboxylic acid groups (broad SMARTS) is 1. The van der Waals surface area contributed by atoms with Crippen molar-refractivity contribution in [1.82, 2.24) is 5.32 Å². The Labute approximate surface area is 222 Å². The molecule has 2 atom stereocenters. The third-order valence-electron chi connectivity index (χ3n) is 6.94. The maximum atomic E-state index is 11.1. The van der Waals surface area contributed by atoms with Crippen molar-refractivity contribution in [1.29, 1.82) is 0 Å². The molecular weight excluding hydrogens is 484 g/mol. The van der Waals surface area contributed by atoms with E-state index in [2.05, 4.69) is 22.3 Å². The second kappa shape index (κ2) is 12.3. The van der Waals surface area contributed by atoms with E-state index in [1.54, 1.807) is 12.1 Å². The summed E-state index contributed by atoms with van der Waals surface area (Å²) in [6, 6.07) is 21.0. The van der Waals surface area contributed by atoms with Crippen LogP contribution in [0.25, 0.3) is 11.1 Å². The van der Waals surface area contributed by atoms with Crippen LogP contribution in [0.4, 0.5) is 5.69 Å². The molecule has 0 aromatic heterocycles. The molecule has 1 fully saturated rings. The van der Waals surface area contributed by atoms with Gasteiger partial charge in [0.05, 0.1) is 18.8 Å². The van der Waals surface area contributed by atoms with Gasteiger partial charge in [-0.25, -0.2) is 4.79 Å². The number of nitrogens with zero attached hydrogens (tertiary/aromatic N) is 1. The van der Waals surface area contributed by atoms with Crippen molar-refractivity contribution in [3.8, 4) is 22.6 Å². The molecule has 0 aliphatic carbocycles. The van der Waals surface area contributed by atoms with Crippen molar-refractivity contribution in [2.75, 3.05) is 50.9 Å². The summed E-state index contributed by atoms with van der Waals surface area (Å²) in [5, 5.41) is 22.8. The summed E-state index contributed by atoms with van der Waals surface area (Å²) in [4.78, 5) is 13.4. The number of hydrogen-bond acceptors (Lipinski definition) is 7. The average Bonchev–Trinajstić information content (AvgIpc) is 2.96. The van der Waals surface area contributed by atoms with Crippen LogP contribution in [0.15, 0.2) is 66.7 Å². The number of aryl methyl sites for hydroxylation is 1. The van der Waals surface area contributed by atoms with E-state index < -0.39 is 12.1 Å². The van der Waals surface area contributed by atoms with Crippen LogP contribution in [-0.4, -0.2) is 74.4 Å². The van der Waals surface area contributed by atoms with Gasteiger partial charge in [-0.3, -0.25) is 0 Å². The Morgan fingerprint density at radius 2 is 1.84 bits per heavy atom. The van der Waals surface area contributed by atoms with Crippen LogP contribution in [0.3, 0.4) is 0 Å². The summed E-state index contributed by atoms with van der Waals surface area (Å²) in [6.45, 7) is 4.47. The minimum atomic E-state index is -0.927. The number of aliphatic hydroxyl groups is 1. The van der Waals surface area contributed by atoms with Crippen LogP contribution >= 0.6 is 0 Å². The number of aliphatic hydroxyl groups excluding tert-OH is 1. The van der Waals surface area contributed by atoms with Crippen LogP contribution in [0.1, 0.15) is 22.3 Å². The van der Waals surface area contributed by atoms with Gasteiger partial charge in [0.1, 0.15) is 30.3 Å². The van der Waals surface area contributed by atoms with Crippen LogP contribution < -0.4 is 19.7 Å². The highest BCUT2D eigenvalue weighted by atomic mass is 16.5. The minimum Gasteiger partial charge on any atom is -0.491 e. The molecule has 200 valence electrons. The van der Waals surface area contributed by atoms with Gasteiger partial charge in [0.2, 0.25) is 0 Å². The second-order valence-corrected chi connectivity index (χ2v) is 9.70. The molecule has 0 bridgehead atoms. The Morgan fingerprint density at radius 3 is 2.63 bits per heavy atom. The molecule has 5 rings (SSSR count). The highest BCUT2D eigenvalue weighted by Gasteiger charge is 2.20. The van der Waals surface area contributed by atoms with Gasteiger partial charge >= 0.3 is 5.97 Å². The zero-order chi connectivity index (χ0) is 26.3. The van der Waals surface area contributed by atoms with E-state index in [0.29, 0.717) is 13.1 Å². The summed E-state index contributed by atoms with van der Waals surface area (Å²) in [5.41, 5.74) is 4.55. The van der Waals surface area contributed by atoms with E-state index in [0.717, 1.165) is 73.0 Å². The van der Waals surface area contributed by atoms with Crippen molar-refractivity contribution >= 4 is 11.7 Å². The summed E-state index contributed by atoms with van der Waals surface area (Å²) in [7, 11) is 0. The number of morpholine rings is 1. The molecule has 2 unspecified atom stereocenters. The number of ether oxygens (including phenoxy) is 3. The number of hydrogen-bond donors (Lipinski definition) is 3. The van der Waals surface area contributed by atoms with Gasteiger partial charge in [-0.15, -0.1) is 0 Å². The van der Waals surface area contributed by atoms with Crippen molar-refractivity contribution in [3.63, 3.8) is 0 Å². The minimum absolute atomic E-state index is 0.0292. The standard InChI is InChI=1S/C30H34N2O6/c33-26(20-37-27-3-1-2-25(17-27)32-12-14-36-15-13-32)18-31-19-28-10-8-24-16-23(9-11-29(24)38-28)21-4-6-22(7-5-21)30(34)35/h1-7,9,11,16-17,26,28,31,33H,8,10,12-15,18-20H2,(H,34,35). The largest absolute Gasteiger partial charge is 0.491 e. The predicted molar refractivity (Wildman–Crippen MR) is 145 cm³/mol. The van der Waals surface area contributed by atoms with Crippen molar-refractivity contribution in [2.24, 2.45) is 0 Å². The molecule has 38 heavy (non-hydrogen) atoms. The predicted octanol–water partition coefficient (Wildman–Crippen LogP) is 3.61. The molecule has 3 aromatic rings. The van der Waals surface area contributed by atoms with Gasteiger partial charge in [-0.2, -0.15) is 0 Å². The first kappa shape index (κ1) is 26.0. The molecule has 1 saturated heterocycles. The molecular formula is C30H34N2O6. The third-order valence-corrected chi connectivity index (χ3v) is 6.94. The smallest absolute Gasteiger partial charge is 0.335 e. The summed E-state index contributed by atoms with van der Waals surface area (Å²) in [5.74, 6) is 0.694. The van der Waals surface area contributed by atoms with E-state index in [4.69, 9.17) is 19.3 Å². The zero-order valence-electron chi connectivity index (χ0n) is 21.3. The number of carboxylic acids is 1. The SMILES string of the molecule is O=C(O)c1ccc(-c2ccc3c(c2)CCC(CNCC(O)COc2cccc(N4CCOCC4)c2)O3)cc1. The number of rotatable bonds is 10. The Bertz CT molecular complexity index is 1230. The molecule has 2 heterocycles. The Morgan fingerprint density at radius 1 is 1.05 bits per heavy atom. The quantitative estimate of drug-likeness (QED) is 0.374. The van der Waals surface area contributed by atoms with Crippen molar-refractivity contribution in [2.45, 2.75) is 25.0 Å². The molecule has 0 amide bonds. The lowest BCUT2D eigenvalue weighted by Crippen LogP contribution is -2.39. The van der Waals surface area contributed by atoms with Crippen LogP contribution in [0.5, 0.6) is 11.5 Å². The van der Waals surface area contributed by atoms with Gasteiger partial charge < -0.3 is 34.6 Å². The molecule has 2 aliphatic heterocycles. The highest BCUT2D eigenvalue weighted by molar-refractivity contribution is 5.88. The lowest BCUT2D eigenvalue weighted by atomic mass is 9.96. The summed E-state index contributed by atoms with van der Waals surface area (Å²) >= 11 is 0. The fraction of sp³-hybridized carbons (Fsp3) is 0.367. The zero-order valence-corrected chi connectivity index (χ0v) is 21.3. The molecule has 0 saturated carbocycles. The normalized spacial score (nSPS) is 17.8. The fourth-order valence-corrected chi connectivity index (χ4v) is 4.83. The summed E-state index contributed by atoms with van der Waals surface area (Å²) < 4.78 is 17.5. The lowest BCUT2D eigenvalue weighted by molar-refractivity contribution is 0.0697. The molecule has 2 aliphatic rings. The van der Waals surface area contributed by atoms with Crippen LogP contribution in [0.2, 0.25) is 0 Å². The molecule has 3 N–H and O–H groups in total. The number of nitrogens with one attached hydrogen (secondary N) is 1. The Kier molecular flexibility index (Phi) is 8.43. The van der Waals surface area contributed by atoms with E-state index >= 15 is 0 Å². The second-order valence-electron chi connectivity index (χ2n) is 9.70. The van der Waals surface area contributed by atoms with E-state index in [1.165, 1.54) is 0 Å². The van der Waals surface area contributed by atoms with Crippen LogP contribution in [0, 0.1) is 0 Å². The fourth-order valence-electron chi connectivity index (χ4n) is 4.83. The Hall–Kier alpha value is -3.59. The summed E-state index contributed by atoms with van der Waals surface area (Å²) in [6.07, 6.45) is 1.17. The number of benzene rings is 3. The number of anilines is 1. The molecule has 3 aromatic carbocycles. The van der Waals surface area contributed by atoms with E-state index in [-0.39, 0.29) is 18.3 Å². The maximum absolute atomic E-state index is 11.1. The number of carbonyl (C=O) groups is 1. The van der Waals surface area contributed by atoms with Crippen molar-refractivity contribution in [3.05, 3.63) is 77.9 Å².